The molecule has 5 aromatic rings. The van der Waals surface area contributed by atoms with Crippen LogP contribution in [0, 0.1) is 0 Å². The number of nitrogens with one attached hydrogen (secondary N) is 1. The van der Waals surface area contributed by atoms with Crippen LogP contribution in [-0.2, 0) is 0 Å². The number of nitrogens with zero attached hydrogens (tertiary/aromatic N) is 5. The number of hydrogen-bond donors (Lipinski definition) is 1. The molecule has 0 atom stereocenters. The maximum Gasteiger partial charge on any atom is 0.235 e. The molecule has 3 heterocycles. The first-order chi connectivity index (χ1) is 12.8. The Bertz CT molecular complexity index is 1210. The van der Waals surface area contributed by atoms with E-state index in [1.165, 1.54) is 11.3 Å². The van der Waals surface area contributed by atoms with Gasteiger partial charge in [0, 0.05) is 11.1 Å². The summed E-state index contributed by atoms with van der Waals surface area (Å²) < 4.78 is 1.71. The van der Waals surface area contributed by atoms with E-state index in [-0.39, 0.29) is 0 Å². The first kappa shape index (κ1) is 15.2. The monoisotopic (exact) mass is 378 g/mol. The fraction of sp³-hybridized carbons (Fsp3) is 0. The zero-order valence-electron chi connectivity index (χ0n) is 13.3. The molecule has 0 unspecified atom stereocenters. The molecule has 3 aromatic heterocycles. The molecule has 0 aliphatic rings. The zero-order chi connectivity index (χ0) is 17.5. The molecule has 1 N–H and O–H groups in total. The molecule has 2 aromatic carbocycles. The van der Waals surface area contributed by atoms with E-state index in [2.05, 4.69) is 25.5 Å². The summed E-state index contributed by atoms with van der Waals surface area (Å²) >= 11 is 7.73. The number of benzene rings is 2. The molecule has 6 nitrogen and oxygen atoms in total. The van der Waals surface area contributed by atoms with Gasteiger partial charge in [0.05, 0.1) is 10.7 Å². The van der Waals surface area contributed by atoms with Crippen molar-refractivity contribution in [2.24, 2.45) is 0 Å². The second-order valence-electron chi connectivity index (χ2n) is 5.64. The van der Waals surface area contributed by atoms with Gasteiger partial charge in [0.2, 0.25) is 10.8 Å². The average Bonchev–Trinajstić information content (AvgIpc) is 3.38. The smallest absolute Gasteiger partial charge is 0.235 e. The first-order valence-electron chi connectivity index (χ1n) is 7.88. The van der Waals surface area contributed by atoms with E-state index in [1.54, 1.807) is 4.52 Å². The molecule has 0 bridgehead atoms. The van der Waals surface area contributed by atoms with Crippen molar-refractivity contribution in [3.63, 3.8) is 0 Å². The lowest BCUT2D eigenvalue weighted by Gasteiger charge is -1.97. The highest BCUT2D eigenvalue weighted by Gasteiger charge is 2.17. The minimum Gasteiger partial charge on any atom is -0.274 e. The Hall–Kier alpha value is -3.03. The van der Waals surface area contributed by atoms with E-state index in [4.69, 9.17) is 11.6 Å². The van der Waals surface area contributed by atoms with Crippen LogP contribution in [0.5, 0.6) is 0 Å². The van der Waals surface area contributed by atoms with Crippen molar-refractivity contribution in [2.75, 3.05) is 0 Å². The highest BCUT2D eigenvalue weighted by molar-refractivity contribution is 7.19. The molecule has 0 saturated carbocycles. The summed E-state index contributed by atoms with van der Waals surface area (Å²) in [6.45, 7) is 0. The van der Waals surface area contributed by atoms with E-state index < -0.39 is 0 Å². The van der Waals surface area contributed by atoms with Crippen LogP contribution >= 0.6 is 22.9 Å². The molecule has 0 saturated heterocycles. The molecule has 0 aliphatic carbocycles. The SMILES string of the molecule is Clc1ccccc1-c1nn2c(-c3cc(-c4ccccc4)n[nH]3)nnc2s1. The molecule has 0 amide bonds. The van der Waals surface area contributed by atoms with Crippen LogP contribution < -0.4 is 0 Å². The number of aromatic amines is 1. The lowest BCUT2D eigenvalue weighted by atomic mass is 10.1. The van der Waals surface area contributed by atoms with Gasteiger partial charge in [-0.2, -0.15) is 14.7 Å². The summed E-state index contributed by atoms with van der Waals surface area (Å²) in [7, 11) is 0. The number of halogens is 1. The molecule has 0 spiro atoms. The molecule has 126 valence electrons. The lowest BCUT2D eigenvalue weighted by Crippen LogP contribution is -1.91. The molecule has 0 radical (unpaired) electrons. The van der Waals surface area contributed by atoms with Crippen molar-refractivity contribution in [2.45, 2.75) is 0 Å². The van der Waals surface area contributed by atoms with Gasteiger partial charge in [-0.05, 0) is 12.1 Å². The van der Waals surface area contributed by atoms with Gasteiger partial charge >= 0.3 is 0 Å². The van der Waals surface area contributed by atoms with E-state index >= 15 is 0 Å². The maximum atomic E-state index is 6.29. The summed E-state index contributed by atoms with van der Waals surface area (Å²) in [6, 6.07) is 19.5. The molecule has 5 rings (SSSR count). The Balaban J connectivity index is 1.58. The zero-order valence-corrected chi connectivity index (χ0v) is 14.9. The Kier molecular flexibility index (Phi) is 3.55. The Labute approximate surface area is 157 Å². The van der Waals surface area contributed by atoms with Crippen molar-refractivity contribution in [1.82, 2.24) is 30.0 Å². The maximum absolute atomic E-state index is 6.29. The van der Waals surface area contributed by atoms with Gasteiger partial charge in [-0.1, -0.05) is 71.5 Å². The topological polar surface area (TPSA) is 71.8 Å². The average molecular weight is 379 g/mol. The van der Waals surface area contributed by atoms with Crippen LogP contribution in [0.25, 0.3) is 38.3 Å². The standard InChI is InChI=1S/C18H11ClN6S/c19-13-9-5-4-8-12(13)17-24-25-16(22-23-18(25)26-17)15-10-14(20-21-15)11-6-2-1-3-7-11/h1-10H,(H,20,21). The Morgan fingerprint density at radius 3 is 2.62 bits per heavy atom. The molecule has 0 aliphatic heterocycles. The fourth-order valence-corrected chi connectivity index (χ4v) is 3.88. The summed E-state index contributed by atoms with van der Waals surface area (Å²) in [4.78, 5) is 0.700. The van der Waals surface area contributed by atoms with Crippen molar-refractivity contribution in [1.29, 1.82) is 0 Å². The van der Waals surface area contributed by atoms with Crippen molar-refractivity contribution in [3.8, 4) is 33.3 Å². The predicted octanol–water partition coefficient (Wildman–Crippen LogP) is 4.56. The lowest BCUT2D eigenvalue weighted by molar-refractivity contribution is 0.955. The van der Waals surface area contributed by atoms with E-state index in [0.29, 0.717) is 15.8 Å². The number of rotatable bonds is 3. The number of H-pyrrole nitrogens is 1. The second kappa shape index (κ2) is 6.05. The van der Waals surface area contributed by atoms with Gasteiger partial charge < -0.3 is 0 Å². The normalized spacial score (nSPS) is 11.3. The van der Waals surface area contributed by atoms with Crippen LogP contribution in [0.1, 0.15) is 0 Å². The predicted molar refractivity (Wildman–Crippen MR) is 102 cm³/mol. The van der Waals surface area contributed by atoms with Gasteiger partial charge in [0.1, 0.15) is 10.7 Å². The van der Waals surface area contributed by atoms with Crippen molar-refractivity contribution < 1.29 is 0 Å². The van der Waals surface area contributed by atoms with Gasteiger partial charge in [0.25, 0.3) is 0 Å². The fourth-order valence-electron chi connectivity index (χ4n) is 2.72. The van der Waals surface area contributed by atoms with Gasteiger partial charge in [0.15, 0.2) is 0 Å². The highest BCUT2D eigenvalue weighted by Crippen LogP contribution is 2.32. The van der Waals surface area contributed by atoms with Crippen LogP contribution in [0.4, 0.5) is 0 Å². The number of fused-ring (bicyclic) bond motifs is 1. The van der Waals surface area contributed by atoms with Crippen molar-refractivity contribution in [3.05, 3.63) is 65.7 Å². The second-order valence-corrected chi connectivity index (χ2v) is 7.00. The quantitative estimate of drug-likeness (QED) is 0.499. The summed E-state index contributed by atoms with van der Waals surface area (Å²) in [5.41, 5.74) is 3.52. The molecule has 8 heteroatoms. The third-order valence-corrected chi connectivity index (χ3v) is 5.25. The van der Waals surface area contributed by atoms with Crippen LogP contribution in [0.3, 0.4) is 0 Å². The Morgan fingerprint density at radius 1 is 0.962 bits per heavy atom. The van der Waals surface area contributed by atoms with E-state index in [9.17, 15) is 0 Å². The summed E-state index contributed by atoms with van der Waals surface area (Å²) in [5, 5.41) is 22.0. The number of aromatic nitrogens is 6. The molecular formula is C18H11ClN6S. The third-order valence-electron chi connectivity index (χ3n) is 3.98. The summed E-state index contributed by atoms with van der Waals surface area (Å²) in [5.74, 6) is 0.615. The molecule has 0 fully saturated rings. The highest BCUT2D eigenvalue weighted by atomic mass is 35.5. The largest absolute Gasteiger partial charge is 0.274 e. The van der Waals surface area contributed by atoms with Gasteiger partial charge in [-0.3, -0.25) is 5.10 Å². The number of hydrogen-bond acceptors (Lipinski definition) is 5. The summed E-state index contributed by atoms with van der Waals surface area (Å²) in [6.07, 6.45) is 0. The minimum absolute atomic E-state index is 0.615. The molecule has 26 heavy (non-hydrogen) atoms. The van der Waals surface area contributed by atoms with Gasteiger partial charge in [-0.15, -0.1) is 10.2 Å². The van der Waals surface area contributed by atoms with E-state index in [1.807, 2.05) is 60.7 Å². The van der Waals surface area contributed by atoms with Crippen LogP contribution in [0.15, 0.2) is 60.7 Å². The third kappa shape index (κ3) is 2.49. The Morgan fingerprint density at radius 2 is 1.77 bits per heavy atom. The van der Waals surface area contributed by atoms with Crippen LogP contribution in [0.2, 0.25) is 5.02 Å². The first-order valence-corrected chi connectivity index (χ1v) is 9.07. The minimum atomic E-state index is 0.615. The van der Waals surface area contributed by atoms with E-state index in [0.717, 1.165) is 27.5 Å². The molecular weight excluding hydrogens is 368 g/mol. The van der Waals surface area contributed by atoms with Gasteiger partial charge in [-0.25, -0.2) is 0 Å². The van der Waals surface area contributed by atoms with Crippen LogP contribution in [-0.4, -0.2) is 30.0 Å². The van der Waals surface area contributed by atoms with Crippen molar-refractivity contribution >= 4 is 27.9 Å².